The van der Waals surface area contributed by atoms with E-state index >= 15 is 0 Å². The SMILES string of the molecule is CNC(c1cccc(Cl)c1)C1COc2ccccc2O1. The number of benzene rings is 2. The molecule has 0 aromatic heterocycles. The van der Waals surface area contributed by atoms with Crippen molar-refractivity contribution in [3.63, 3.8) is 0 Å². The number of hydrogen-bond acceptors (Lipinski definition) is 3. The largest absolute Gasteiger partial charge is 0.486 e. The molecule has 20 heavy (non-hydrogen) atoms. The van der Waals surface area contributed by atoms with E-state index in [1.807, 2.05) is 55.6 Å². The average Bonchev–Trinajstić information content (AvgIpc) is 2.48. The highest BCUT2D eigenvalue weighted by Gasteiger charge is 2.29. The maximum atomic E-state index is 6.07. The third kappa shape index (κ3) is 2.60. The van der Waals surface area contributed by atoms with Crippen LogP contribution in [0.4, 0.5) is 0 Å². The zero-order valence-corrected chi connectivity index (χ0v) is 11.9. The molecule has 3 nitrogen and oxygen atoms in total. The van der Waals surface area contributed by atoms with Gasteiger partial charge in [-0.1, -0.05) is 35.9 Å². The first kappa shape index (κ1) is 13.3. The van der Waals surface area contributed by atoms with Crippen molar-refractivity contribution >= 4 is 11.6 Å². The summed E-state index contributed by atoms with van der Waals surface area (Å²) in [5.74, 6) is 1.58. The van der Waals surface area contributed by atoms with Crippen LogP contribution in [0.2, 0.25) is 5.02 Å². The van der Waals surface area contributed by atoms with Gasteiger partial charge in [0.25, 0.3) is 0 Å². The van der Waals surface area contributed by atoms with Gasteiger partial charge in [-0.05, 0) is 36.9 Å². The normalized spacial score (nSPS) is 18.6. The Hall–Kier alpha value is -1.71. The van der Waals surface area contributed by atoms with Crippen LogP contribution in [0.5, 0.6) is 11.5 Å². The Labute approximate surface area is 123 Å². The lowest BCUT2D eigenvalue weighted by Gasteiger charge is -2.32. The summed E-state index contributed by atoms with van der Waals surface area (Å²) in [6.07, 6.45) is -0.0895. The summed E-state index contributed by atoms with van der Waals surface area (Å²) in [6, 6.07) is 15.6. The van der Waals surface area contributed by atoms with E-state index in [0.29, 0.717) is 6.61 Å². The van der Waals surface area contributed by atoms with E-state index in [0.717, 1.165) is 22.1 Å². The maximum Gasteiger partial charge on any atom is 0.161 e. The monoisotopic (exact) mass is 289 g/mol. The van der Waals surface area contributed by atoms with Gasteiger partial charge in [0.05, 0.1) is 6.04 Å². The van der Waals surface area contributed by atoms with Crippen LogP contribution in [0.3, 0.4) is 0 Å². The number of rotatable bonds is 3. The Balaban J connectivity index is 1.85. The van der Waals surface area contributed by atoms with Crippen molar-refractivity contribution in [3.05, 3.63) is 59.1 Å². The van der Waals surface area contributed by atoms with Gasteiger partial charge in [-0.2, -0.15) is 0 Å². The van der Waals surface area contributed by atoms with E-state index in [9.17, 15) is 0 Å². The quantitative estimate of drug-likeness (QED) is 0.939. The molecule has 0 bridgehead atoms. The summed E-state index contributed by atoms with van der Waals surface area (Å²) in [5.41, 5.74) is 1.09. The first-order chi connectivity index (χ1) is 9.78. The smallest absolute Gasteiger partial charge is 0.161 e. The summed E-state index contributed by atoms with van der Waals surface area (Å²) in [5, 5.41) is 4.00. The van der Waals surface area contributed by atoms with Crippen molar-refractivity contribution in [2.75, 3.05) is 13.7 Å². The fourth-order valence-electron chi connectivity index (χ4n) is 2.47. The molecular formula is C16H16ClNO2. The molecular weight excluding hydrogens is 274 g/mol. The molecule has 2 aromatic rings. The number of ether oxygens (including phenoxy) is 2. The highest BCUT2D eigenvalue weighted by Crippen LogP contribution is 2.34. The summed E-state index contributed by atoms with van der Waals surface area (Å²) in [4.78, 5) is 0. The molecule has 2 unspecified atom stereocenters. The molecule has 104 valence electrons. The van der Waals surface area contributed by atoms with E-state index in [1.165, 1.54) is 0 Å². The molecule has 0 aliphatic carbocycles. The van der Waals surface area contributed by atoms with Crippen LogP contribution in [0.25, 0.3) is 0 Å². The standard InChI is InChI=1S/C16H16ClNO2/c1-18-16(11-5-4-6-12(17)9-11)15-10-19-13-7-2-3-8-14(13)20-15/h2-9,15-16,18H,10H2,1H3. The molecule has 0 fully saturated rings. The Kier molecular flexibility index (Phi) is 3.81. The van der Waals surface area contributed by atoms with E-state index < -0.39 is 0 Å². The van der Waals surface area contributed by atoms with Gasteiger partial charge in [0.1, 0.15) is 6.61 Å². The molecule has 1 N–H and O–H groups in total. The van der Waals surface area contributed by atoms with Crippen molar-refractivity contribution in [1.29, 1.82) is 0 Å². The second-order valence-electron chi connectivity index (χ2n) is 4.74. The van der Waals surface area contributed by atoms with Crippen LogP contribution < -0.4 is 14.8 Å². The average molecular weight is 290 g/mol. The number of halogens is 1. The lowest BCUT2D eigenvalue weighted by Crippen LogP contribution is -2.40. The highest BCUT2D eigenvalue weighted by molar-refractivity contribution is 6.30. The maximum absolute atomic E-state index is 6.07. The third-order valence-corrected chi connectivity index (χ3v) is 3.66. The van der Waals surface area contributed by atoms with Gasteiger partial charge in [-0.3, -0.25) is 0 Å². The number of likely N-dealkylation sites (N-methyl/N-ethyl adjacent to an activating group) is 1. The number of fused-ring (bicyclic) bond motifs is 1. The minimum Gasteiger partial charge on any atom is -0.486 e. The number of para-hydroxylation sites is 2. The Morgan fingerprint density at radius 2 is 1.95 bits per heavy atom. The predicted molar refractivity (Wildman–Crippen MR) is 79.6 cm³/mol. The van der Waals surface area contributed by atoms with Gasteiger partial charge < -0.3 is 14.8 Å². The van der Waals surface area contributed by atoms with Crippen molar-refractivity contribution in [1.82, 2.24) is 5.32 Å². The molecule has 2 atom stereocenters. The zero-order valence-electron chi connectivity index (χ0n) is 11.2. The van der Waals surface area contributed by atoms with Gasteiger partial charge in [0.15, 0.2) is 17.6 Å². The molecule has 2 aromatic carbocycles. The second kappa shape index (κ2) is 5.73. The Morgan fingerprint density at radius 1 is 1.15 bits per heavy atom. The van der Waals surface area contributed by atoms with E-state index in [1.54, 1.807) is 0 Å². The zero-order chi connectivity index (χ0) is 13.9. The van der Waals surface area contributed by atoms with E-state index in [-0.39, 0.29) is 12.1 Å². The first-order valence-corrected chi connectivity index (χ1v) is 6.97. The topological polar surface area (TPSA) is 30.5 Å². The van der Waals surface area contributed by atoms with Crippen LogP contribution in [-0.2, 0) is 0 Å². The molecule has 0 spiro atoms. The fraction of sp³-hybridized carbons (Fsp3) is 0.250. The van der Waals surface area contributed by atoms with Crippen LogP contribution in [-0.4, -0.2) is 19.8 Å². The van der Waals surface area contributed by atoms with Crippen LogP contribution in [0.15, 0.2) is 48.5 Å². The summed E-state index contributed by atoms with van der Waals surface area (Å²) in [6.45, 7) is 0.509. The number of hydrogen-bond donors (Lipinski definition) is 1. The van der Waals surface area contributed by atoms with Crippen molar-refractivity contribution in [2.45, 2.75) is 12.1 Å². The lowest BCUT2D eigenvalue weighted by molar-refractivity contribution is 0.0638. The van der Waals surface area contributed by atoms with Gasteiger partial charge in [0, 0.05) is 5.02 Å². The summed E-state index contributed by atoms with van der Waals surface area (Å²) >= 11 is 6.07. The second-order valence-corrected chi connectivity index (χ2v) is 5.17. The molecule has 1 aliphatic heterocycles. The summed E-state index contributed by atoms with van der Waals surface area (Å²) < 4.78 is 11.8. The molecule has 3 rings (SSSR count). The van der Waals surface area contributed by atoms with Crippen LogP contribution in [0.1, 0.15) is 11.6 Å². The number of nitrogens with one attached hydrogen (secondary N) is 1. The molecule has 4 heteroatoms. The minimum absolute atomic E-state index is 0.0297. The van der Waals surface area contributed by atoms with Gasteiger partial charge in [-0.15, -0.1) is 0 Å². The molecule has 0 saturated carbocycles. The van der Waals surface area contributed by atoms with Crippen LogP contribution in [0, 0.1) is 0 Å². The molecule has 0 amide bonds. The predicted octanol–water partition coefficient (Wildman–Crippen LogP) is 3.44. The van der Waals surface area contributed by atoms with Crippen molar-refractivity contribution in [3.8, 4) is 11.5 Å². The molecule has 1 heterocycles. The molecule has 1 aliphatic rings. The van der Waals surface area contributed by atoms with E-state index in [4.69, 9.17) is 21.1 Å². The highest BCUT2D eigenvalue weighted by atomic mass is 35.5. The molecule has 0 saturated heterocycles. The fourth-order valence-corrected chi connectivity index (χ4v) is 2.67. The third-order valence-electron chi connectivity index (χ3n) is 3.42. The van der Waals surface area contributed by atoms with Gasteiger partial charge in [-0.25, -0.2) is 0 Å². The Bertz CT molecular complexity index is 603. The summed E-state index contributed by atoms with van der Waals surface area (Å²) in [7, 11) is 1.91. The van der Waals surface area contributed by atoms with Crippen LogP contribution >= 0.6 is 11.6 Å². The van der Waals surface area contributed by atoms with Gasteiger partial charge in [0.2, 0.25) is 0 Å². The van der Waals surface area contributed by atoms with Gasteiger partial charge >= 0.3 is 0 Å². The minimum atomic E-state index is -0.0895. The Morgan fingerprint density at radius 3 is 2.70 bits per heavy atom. The van der Waals surface area contributed by atoms with Crippen molar-refractivity contribution < 1.29 is 9.47 Å². The van der Waals surface area contributed by atoms with Crippen molar-refractivity contribution in [2.24, 2.45) is 0 Å². The first-order valence-electron chi connectivity index (χ1n) is 6.59. The lowest BCUT2D eigenvalue weighted by atomic mass is 10.0. The van der Waals surface area contributed by atoms with E-state index in [2.05, 4.69) is 5.32 Å². The molecule has 0 radical (unpaired) electrons.